The summed E-state index contributed by atoms with van der Waals surface area (Å²) in [4.78, 5) is 23.9. The van der Waals surface area contributed by atoms with Crippen molar-refractivity contribution in [3.05, 3.63) is 12.2 Å². The fraction of sp³-hybridized carbons (Fsp3) is 0.852. The third-order valence-corrected chi connectivity index (χ3v) is 7.78. The van der Waals surface area contributed by atoms with Crippen molar-refractivity contribution < 1.29 is 19.1 Å². The molecule has 31 heavy (non-hydrogen) atoms. The summed E-state index contributed by atoms with van der Waals surface area (Å²) in [5.74, 6) is 1.69. The summed E-state index contributed by atoms with van der Waals surface area (Å²) in [6.07, 6.45) is 22.8. The summed E-state index contributed by atoms with van der Waals surface area (Å²) in [5, 5.41) is 0. The van der Waals surface area contributed by atoms with Gasteiger partial charge in [-0.3, -0.25) is 0 Å². The van der Waals surface area contributed by atoms with Crippen LogP contribution in [0.2, 0.25) is 0 Å². The van der Waals surface area contributed by atoms with E-state index in [0.29, 0.717) is 13.2 Å². The van der Waals surface area contributed by atoms with Gasteiger partial charge in [0.1, 0.15) is 0 Å². The topological polar surface area (TPSA) is 52.6 Å². The molecule has 0 aromatic rings. The Morgan fingerprint density at radius 1 is 0.710 bits per heavy atom. The van der Waals surface area contributed by atoms with Crippen molar-refractivity contribution in [1.82, 2.24) is 0 Å². The van der Waals surface area contributed by atoms with Crippen LogP contribution in [-0.2, 0) is 19.1 Å². The number of rotatable bonds is 15. The summed E-state index contributed by atoms with van der Waals surface area (Å²) in [6, 6.07) is 0. The fourth-order valence-electron chi connectivity index (χ4n) is 6.69. The SMILES string of the molecule is CCCCCCCCCCCCOC(=O)/C=C/C(=O)OCC12CC3CC(CC(C3)C1)C2. The van der Waals surface area contributed by atoms with E-state index in [9.17, 15) is 9.59 Å². The third-order valence-electron chi connectivity index (χ3n) is 7.78. The van der Waals surface area contributed by atoms with Gasteiger partial charge in [0.25, 0.3) is 0 Å². The summed E-state index contributed by atoms with van der Waals surface area (Å²) in [7, 11) is 0. The molecule has 0 spiro atoms. The van der Waals surface area contributed by atoms with E-state index in [0.717, 1.165) is 30.6 Å². The lowest BCUT2D eigenvalue weighted by Gasteiger charge is -2.56. The minimum atomic E-state index is -0.442. The van der Waals surface area contributed by atoms with Gasteiger partial charge in [0.2, 0.25) is 0 Å². The molecule has 0 aromatic carbocycles. The Kier molecular flexibility index (Phi) is 9.93. The Labute approximate surface area is 189 Å². The van der Waals surface area contributed by atoms with E-state index < -0.39 is 11.9 Å². The van der Waals surface area contributed by atoms with E-state index >= 15 is 0 Å². The molecule has 0 heterocycles. The van der Waals surface area contributed by atoms with Crippen LogP contribution in [0.1, 0.15) is 110 Å². The molecule has 4 fully saturated rings. The van der Waals surface area contributed by atoms with E-state index in [2.05, 4.69) is 6.92 Å². The van der Waals surface area contributed by atoms with Gasteiger partial charge in [-0.1, -0.05) is 64.7 Å². The highest BCUT2D eigenvalue weighted by Gasteiger charge is 2.51. The molecule has 0 radical (unpaired) electrons. The van der Waals surface area contributed by atoms with Crippen LogP contribution in [0.15, 0.2) is 12.2 Å². The summed E-state index contributed by atoms with van der Waals surface area (Å²) >= 11 is 0. The standard InChI is InChI=1S/C27H44O4/c1-2-3-4-5-6-7-8-9-10-11-14-30-25(28)12-13-26(29)31-21-27-18-22-15-23(19-27)17-24(16-22)20-27/h12-13,22-24H,2-11,14-21H2,1H3/b13-12+. The van der Waals surface area contributed by atoms with Crippen molar-refractivity contribution in [2.75, 3.05) is 13.2 Å². The number of unbranched alkanes of at least 4 members (excludes halogenated alkanes) is 9. The predicted octanol–water partition coefficient (Wildman–Crippen LogP) is 6.77. The van der Waals surface area contributed by atoms with Crippen LogP contribution in [-0.4, -0.2) is 25.2 Å². The number of carbonyl (C=O) groups excluding carboxylic acids is 2. The van der Waals surface area contributed by atoms with Crippen molar-refractivity contribution in [3.63, 3.8) is 0 Å². The first kappa shape index (κ1) is 24.3. The van der Waals surface area contributed by atoms with Gasteiger partial charge in [-0.2, -0.15) is 0 Å². The summed E-state index contributed by atoms with van der Waals surface area (Å²) < 4.78 is 10.8. The lowest BCUT2D eigenvalue weighted by atomic mass is 9.50. The van der Waals surface area contributed by atoms with Crippen LogP contribution in [0.5, 0.6) is 0 Å². The van der Waals surface area contributed by atoms with E-state index in [1.54, 1.807) is 0 Å². The average Bonchev–Trinajstić information content (AvgIpc) is 2.74. The minimum absolute atomic E-state index is 0.217. The van der Waals surface area contributed by atoms with E-state index in [1.807, 2.05) is 0 Å². The van der Waals surface area contributed by atoms with Crippen LogP contribution in [0.4, 0.5) is 0 Å². The van der Waals surface area contributed by atoms with Gasteiger partial charge in [0.05, 0.1) is 13.2 Å². The maximum atomic E-state index is 12.1. The second kappa shape index (κ2) is 12.6. The Balaban J connectivity index is 1.19. The lowest BCUT2D eigenvalue weighted by molar-refractivity contribution is -0.150. The molecule has 0 saturated heterocycles. The van der Waals surface area contributed by atoms with Gasteiger partial charge in [-0.25, -0.2) is 9.59 Å². The summed E-state index contributed by atoms with van der Waals surface area (Å²) in [6.45, 7) is 3.20. The molecule has 4 heteroatoms. The quantitative estimate of drug-likeness (QED) is 0.163. The second-order valence-corrected chi connectivity index (χ2v) is 10.7. The zero-order valence-corrected chi connectivity index (χ0v) is 19.7. The molecule has 0 aliphatic heterocycles. The Hall–Kier alpha value is -1.32. The van der Waals surface area contributed by atoms with Gasteiger partial charge in [0, 0.05) is 17.6 Å². The monoisotopic (exact) mass is 432 g/mol. The summed E-state index contributed by atoms with van der Waals surface area (Å²) in [5.41, 5.74) is 0.217. The average molecular weight is 433 g/mol. The molecule has 4 nitrogen and oxygen atoms in total. The highest BCUT2D eigenvalue weighted by molar-refractivity contribution is 5.91. The second-order valence-electron chi connectivity index (χ2n) is 10.7. The first-order valence-corrected chi connectivity index (χ1v) is 13.1. The normalized spacial score (nSPS) is 28.9. The smallest absolute Gasteiger partial charge is 0.331 e. The minimum Gasteiger partial charge on any atom is -0.463 e. The molecule has 4 aliphatic carbocycles. The van der Waals surface area contributed by atoms with Crippen molar-refractivity contribution in [3.8, 4) is 0 Å². The van der Waals surface area contributed by atoms with Crippen molar-refractivity contribution >= 4 is 11.9 Å². The molecule has 0 atom stereocenters. The molecule has 176 valence electrons. The van der Waals surface area contributed by atoms with Crippen molar-refractivity contribution in [2.24, 2.45) is 23.2 Å². The van der Waals surface area contributed by atoms with E-state index in [-0.39, 0.29) is 5.41 Å². The molecule has 0 aromatic heterocycles. The van der Waals surface area contributed by atoms with Crippen molar-refractivity contribution in [1.29, 1.82) is 0 Å². The number of hydrogen-bond acceptors (Lipinski definition) is 4. The number of carbonyl (C=O) groups is 2. The molecular weight excluding hydrogens is 388 g/mol. The molecule has 0 N–H and O–H groups in total. The molecular formula is C27H44O4. The zero-order valence-electron chi connectivity index (χ0n) is 19.7. The molecule has 0 unspecified atom stereocenters. The molecule has 4 bridgehead atoms. The Morgan fingerprint density at radius 2 is 1.16 bits per heavy atom. The number of hydrogen-bond donors (Lipinski definition) is 0. The third kappa shape index (κ3) is 8.27. The number of esters is 2. The van der Waals surface area contributed by atoms with Gasteiger partial charge < -0.3 is 9.47 Å². The molecule has 0 amide bonds. The fourth-order valence-corrected chi connectivity index (χ4v) is 6.69. The predicted molar refractivity (Wildman–Crippen MR) is 124 cm³/mol. The maximum Gasteiger partial charge on any atom is 0.331 e. The van der Waals surface area contributed by atoms with Gasteiger partial charge in [-0.05, 0) is 62.7 Å². The van der Waals surface area contributed by atoms with Crippen LogP contribution in [0.25, 0.3) is 0 Å². The first-order chi connectivity index (χ1) is 15.1. The van der Waals surface area contributed by atoms with Crippen LogP contribution in [0.3, 0.4) is 0 Å². The van der Waals surface area contributed by atoms with Gasteiger partial charge >= 0.3 is 11.9 Å². The van der Waals surface area contributed by atoms with E-state index in [1.165, 1.54) is 102 Å². The van der Waals surface area contributed by atoms with E-state index in [4.69, 9.17) is 9.47 Å². The van der Waals surface area contributed by atoms with Gasteiger partial charge in [-0.15, -0.1) is 0 Å². The Morgan fingerprint density at radius 3 is 1.68 bits per heavy atom. The maximum absolute atomic E-state index is 12.1. The zero-order chi connectivity index (χ0) is 21.9. The largest absolute Gasteiger partial charge is 0.463 e. The highest BCUT2D eigenvalue weighted by atomic mass is 16.5. The molecule has 4 aliphatic rings. The molecule has 4 saturated carbocycles. The highest BCUT2D eigenvalue weighted by Crippen LogP contribution is 2.60. The van der Waals surface area contributed by atoms with Crippen LogP contribution >= 0.6 is 0 Å². The first-order valence-electron chi connectivity index (χ1n) is 13.1. The molecule has 4 rings (SSSR count). The lowest BCUT2D eigenvalue weighted by Crippen LogP contribution is -2.48. The van der Waals surface area contributed by atoms with Crippen molar-refractivity contribution in [2.45, 2.75) is 110 Å². The number of ether oxygens (including phenoxy) is 2. The van der Waals surface area contributed by atoms with Crippen LogP contribution in [0, 0.1) is 23.2 Å². The van der Waals surface area contributed by atoms with Crippen LogP contribution < -0.4 is 0 Å². The van der Waals surface area contributed by atoms with Gasteiger partial charge in [0.15, 0.2) is 0 Å². The Bertz CT molecular complexity index is 559.